The Labute approximate surface area is 103 Å². The zero-order valence-corrected chi connectivity index (χ0v) is 10.0. The molecule has 18 heavy (non-hydrogen) atoms. The van der Waals surface area contributed by atoms with Crippen LogP contribution in [0.2, 0.25) is 0 Å². The summed E-state index contributed by atoms with van der Waals surface area (Å²) in [5, 5.41) is 8.02. The maximum absolute atomic E-state index is 12.2. The fourth-order valence-corrected chi connectivity index (χ4v) is 1.70. The predicted molar refractivity (Wildman–Crippen MR) is 62.1 cm³/mol. The van der Waals surface area contributed by atoms with Gasteiger partial charge in [0.25, 0.3) is 0 Å². The normalized spacial score (nSPS) is 11.2. The Bertz CT molecular complexity index is 512. The van der Waals surface area contributed by atoms with E-state index >= 15 is 0 Å². The first-order valence-corrected chi connectivity index (χ1v) is 5.53. The molecule has 1 aromatic heterocycles. The predicted octanol–water partition coefficient (Wildman–Crippen LogP) is 2.99. The molecule has 2 rings (SSSR count). The smallest absolute Gasteiger partial charge is 0.387 e. The Hall–Kier alpha value is -1.98. The average molecular weight is 253 g/mol. The number of ether oxygens (including phenoxy) is 1. The minimum atomic E-state index is -2.84. The topological polar surface area (TPSA) is 39.9 Å². The highest BCUT2D eigenvalue weighted by Gasteiger charge is 2.13. The standard InChI is InChI=1S/C12H13F2N3O/c1-8(2)10-4-3-9(18-12(13)14)7-11(10)17-15-5-6-16-17/h3-8,12H,1-2H3. The van der Waals surface area contributed by atoms with Crippen LogP contribution in [0.25, 0.3) is 5.69 Å². The minimum Gasteiger partial charge on any atom is -0.435 e. The summed E-state index contributed by atoms with van der Waals surface area (Å²) in [6, 6.07) is 4.79. The molecule has 2 aromatic rings. The van der Waals surface area contributed by atoms with Crippen LogP contribution in [0.15, 0.2) is 30.6 Å². The lowest BCUT2D eigenvalue weighted by Gasteiger charge is -2.13. The van der Waals surface area contributed by atoms with Crippen LogP contribution in [0.4, 0.5) is 8.78 Å². The van der Waals surface area contributed by atoms with Crippen molar-refractivity contribution in [3.63, 3.8) is 0 Å². The van der Waals surface area contributed by atoms with Gasteiger partial charge in [0.2, 0.25) is 0 Å². The van der Waals surface area contributed by atoms with Crippen molar-refractivity contribution in [3.05, 3.63) is 36.2 Å². The first-order valence-electron chi connectivity index (χ1n) is 5.53. The second-order valence-corrected chi connectivity index (χ2v) is 4.07. The largest absolute Gasteiger partial charge is 0.435 e. The van der Waals surface area contributed by atoms with E-state index in [9.17, 15) is 8.78 Å². The zero-order valence-electron chi connectivity index (χ0n) is 10.0. The summed E-state index contributed by atoms with van der Waals surface area (Å²) in [5.74, 6) is 0.327. The molecule has 96 valence electrons. The van der Waals surface area contributed by atoms with Gasteiger partial charge >= 0.3 is 6.61 Å². The number of alkyl halides is 2. The molecule has 0 unspecified atom stereocenters. The second kappa shape index (κ2) is 5.12. The Balaban J connectivity index is 2.45. The van der Waals surface area contributed by atoms with E-state index in [2.05, 4.69) is 14.9 Å². The maximum atomic E-state index is 12.2. The quantitative estimate of drug-likeness (QED) is 0.841. The van der Waals surface area contributed by atoms with E-state index in [0.717, 1.165) is 5.56 Å². The van der Waals surface area contributed by atoms with Gasteiger partial charge in [-0.3, -0.25) is 0 Å². The number of rotatable bonds is 4. The van der Waals surface area contributed by atoms with Crippen molar-refractivity contribution in [1.29, 1.82) is 0 Å². The molecule has 1 heterocycles. The number of halogens is 2. The minimum absolute atomic E-state index is 0.0988. The van der Waals surface area contributed by atoms with Crippen LogP contribution in [0.5, 0.6) is 5.75 Å². The second-order valence-electron chi connectivity index (χ2n) is 4.07. The molecule has 0 aliphatic heterocycles. The summed E-state index contributed by atoms with van der Waals surface area (Å²) < 4.78 is 28.8. The summed E-state index contributed by atoms with van der Waals surface area (Å²) in [6.45, 7) is 1.18. The van der Waals surface area contributed by atoms with Gasteiger partial charge in [-0.15, -0.1) is 0 Å². The number of aromatic nitrogens is 3. The van der Waals surface area contributed by atoms with E-state index in [1.807, 2.05) is 13.8 Å². The van der Waals surface area contributed by atoms with E-state index in [-0.39, 0.29) is 11.7 Å². The number of nitrogens with zero attached hydrogens (tertiary/aromatic N) is 3. The third-order valence-corrected chi connectivity index (χ3v) is 2.48. The molecule has 0 amide bonds. The Morgan fingerprint density at radius 1 is 1.17 bits per heavy atom. The van der Waals surface area contributed by atoms with Crippen molar-refractivity contribution >= 4 is 0 Å². The Kier molecular flexibility index (Phi) is 3.55. The van der Waals surface area contributed by atoms with Gasteiger partial charge in [0, 0.05) is 6.07 Å². The van der Waals surface area contributed by atoms with Crippen LogP contribution < -0.4 is 4.74 Å². The van der Waals surface area contributed by atoms with Crippen LogP contribution in [0.3, 0.4) is 0 Å². The lowest BCUT2D eigenvalue weighted by molar-refractivity contribution is -0.0498. The summed E-state index contributed by atoms with van der Waals surface area (Å²) in [7, 11) is 0. The SMILES string of the molecule is CC(C)c1ccc(OC(F)F)cc1-n1nccn1. The lowest BCUT2D eigenvalue weighted by Crippen LogP contribution is -2.07. The molecule has 0 aliphatic carbocycles. The van der Waals surface area contributed by atoms with Crippen molar-refractivity contribution in [2.75, 3.05) is 0 Å². The molecule has 0 N–H and O–H groups in total. The van der Waals surface area contributed by atoms with Crippen LogP contribution >= 0.6 is 0 Å². The Morgan fingerprint density at radius 3 is 2.39 bits per heavy atom. The molecule has 4 nitrogen and oxygen atoms in total. The van der Waals surface area contributed by atoms with Gasteiger partial charge in [-0.05, 0) is 17.5 Å². The fourth-order valence-electron chi connectivity index (χ4n) is 1.70. The molecule has 0 spiro atoms. The van der Waals surface area contributed by atoms with Crippen LogP contribution in [0.1, 0.15) is 25.3 Å². The van der Waals surface area contributed by atoms with Crippen molar-refractivity contribution < 1.29 is 13.5 Å². The highest BCUT2D eigenvalue weighted by atomic mass is 19.3. The molecule has 1 aromatic carbocycles. The highest BCUT2D eigenvalue weighted by Crippen LogP contribution is 2.27. The number of benzene rings is 1. The monoisotopic (exact) mass is 253 g/mol. The molecule has 0 bridgehead atoms. The molecule has 0 saturated carbocycles. The number of hydrogen-bond donors (Lipinski definition) is 0. The van der Waals surface area contributed by atoms with E-state index < -0.39 is 6.61 Å². The van der Waals surface area contributed by atoms with Crippen LogP contribution in [0, 0.1) is 0 Å². The molecule has 0 saturated heterocycles. The third-order valence-electron chi connectivity index (χ3n) is 2.48. The summed E-state index contributed by atoms with van der Waals surface area (Å²) in [6.07, 6.45) is 3.06. The molecular weight excluding hydrogens is 240 g/mol. The molecule has 6 heteroatoms. The average Bonchev–Trinajstić information content (AvgIpc) is 2.80. The third kappa shape index (κ3) is 2.64. The van der Waals surface area contributed by atoms with Gasteiger partial charge in [-0.1, -0.05) is 19.9 Å². The van der Waals surface area contributed by atoms with Gasteiger partial charge in [0.1, 0.15) is 5.75 Å². The van der Waals surface area contributed by atoms with E-state index in [1.165, 1.54) is 29.3 Å². The maximum Gasteiger partial charge on any atom is 0.387 e. The summed E-state index contributed by atoms with van der Waals surface area (Å²) in [5.41, 5.74) is 1.61. The zero-order chi connectivity index (χ0) is 13.1. The van der Waals surface area contributed by atoms with Crippen molar-refractivity contribution in [2.24, 2.45) is 0 Å². The summed E-state index contributed by atoms with van der Waals surface area (Å²) in [4.78, 5) is 1.40. The van der Waals surface area contributed by atoms with Gasteiger partial charge < -0.3 is 4.74 Å². The van der Waals surface area contributed by atoms with Crippen LogP contribution in [-0.4, -0.2) is 21.6 Å². The van der Waals surface area contributed by atoms with Crippen molar-refractivity contribution in [1.82, 2.24) is 15.0 Å². The molecule has 0 fully saturated rings. The fraction of sp³-hybridized carbons (Fsp3) is 0.333. The van der Waals surface area contributed by atoms with E-state index in [1.54, 1.807) is 6.07 Å². The molecule has 0 radical (unpaired) electrons. The van der Waals surface area contributed by atoms with E-state index in [0.29, 0.717) is 5.69 Å². The van der Waals surface area contributed by atoms with Gasteiger partial charge in [0.15, 0.2) is 0 Å². The molecular formula is C12H13F2N3O. The lowest BCUT2D eigenvalue weighted by atomic mass is 10.0. The first kappa shape index (κ1) is 12.5. The first-order chi connectivity index (χ1) is 8.58. The number of hydrogen-bond acceptors (Lipinski definition) is 3. The van der Waals surface area contributed by atoms with Gasteiger partial charge in [0.05, 0.1) is 18.1 Å². The van der Waals surface area contributed by atoms with Crippen molar-refractivity contribution in [2.45, 2.75) is 26.4 Å². The van der Waals surface area contributed by atoms with Gasteiger partial charge in [-0.2, -0.15) is 23.8 Å². The van der Waals surface area contributed by atoms with Gasteiger partial charge in [-0.25, -0.2) is 0 Å². The Morgan fingerprint density at radius 2 is 1.83 bits per heavy atom. The highest BCUT2D eigenvalue weighted by molar-refractivity contribution is 5.46. The van der Waals surface area contributed by atoms with E-state index in [4.69, 9.17) is 0 Å². The summed E-state index contributed by atoms with van der Waals surface area (Å²) >= 11 is 0. The van der Waals surface area contributed by atoms with Crippen LogP contribution in [-0.2, 0) is 0 Å². The molecule has 0 aliphatic rings. The molecule has 0 atom stereocenters. The van der Waals surface area contributed by atoms with Crippen molar-refractivity contribution in [3.8, 4) is 11.4 Å².